The Labute approximate surface area is 156 Å². The van der Waals surface area contributed by atoms with Crippen molar-refractivity contribution in [3.63, 3.8) is 0 Å². The number of aromatic amines is 1. The molecule has 26 heavy (non-hydrogen) atoms. The molecule has 1 amide bonds. The second-order valence-corrected chi connectivity index (χ2v) is 6.89. The van der Waals surface area contributed by atoms with Gasteiger partial charge in [-0.2, -0.15) is 0 Å². The standard InChI is InChI=1S/C18H12ClN3O3S/c19-10-4-3-5-11(8-10)20-14(23)9-26-18-21-15-12-6-1-2-7-13(12)25-16(15)17(24)22-18/h1-8H,9H2,(H,20,23)(H,21,22,24). The van der Waals surface area contributed by atoms with Gasteiger partial charge in [0.15, 0.2) is 5.16 Å². The van der Waals surface area contributed by atoms with E-state index in [2.05, 4.69) is 15.3 Å². The van der Waals surface area contributed by atoms with Crippen LogP contribution < -0.4 is 10.9 Å². The zero-order chi connectivity index (χ0) is 18.1. The lowest BCUT2D eigenvalue weighted by Gasteiger charge is -2.05. The Kier molecular flexibility index (Phi) is 4.40. The van der Waals surface area contributed by atoms with Crippen molar-refractivity contribution in [3.8, 4) is 0 Å². The smallest absolute Gasteiger partial charge is 0.295 e. The van der Waals surface area contributed by atoms with E-state index in [9.17, 15) is 9.59 Å². The highest BCUT2D eigenvalue weighted by Crippen LogP contribution is 2.26. The van der Waals surface area contributed by atoms with Crippen LogP contribution in [0.2, 0.25) is 5.02 Å². The van der Waals surface area contributed by atoms with Crippen LogP contribution in [0, 0.1) is 0 Å². The molecule has 0 saturated heterocycles. The lowest BCUT2D eigenvalue weighted by molar-refractivity contribution is -0.113. The van der Waals surface area contributed by atoms with Gasteiger partial charge in [0.2, 0.25) is 11.5 Å². The van der Waals surface area contributed by atoms with Gasteiger partial charge in [0, 0.05) is 16.1 Å². The summed E-state index contributed by atoms with van der Waals surface area (Å²) in [6, 6.07) is 14.2. The molecule has 0 aliphatic rings. The van der Waals surface area contributed by atoms with E-state index in [0.717, 1.165) is 17.1 Å². The molecule has 0 saturated carbocycles. The first-order valence-electron chi connectivity index (χ1n) is 7.70. The summed E-state index contributed by atoms with van der Waals surface area (Å²) in [6.07, 6.45) is 0. The van der Waals surface area contributed by atoms with Gasteiger partial charge in [-0.1, -0.05) is 41.6 Å². The summed E-state index contributed by atoms with van der Waals surface area (Å²) in [4.78, 5) is 31.4. The number of H-pyrrole nitrogens is 1. The number of halogens is 1. The molecule has 0 unspecified atom stereocenters. The summed E-state index contributed by atoms with van der Waals surface area (Å²) in [5, 5.41) is 4.41. The number of nitrogens with one attached hydrogen (secondary N) is 2. The zero-order valence-electron chi connectivity index (χ0n) is 13.3. The summed E-state index contributed by atoms with van der Waals surface area (Å²) in [6.45, 7) is 0. The Balaban J connectivity index is 1.54. The second kappa shape index (κ2) is 6.86. The van der Waals surface area contributed by atoms with Gasteiger partial charge in [0.1, 0.15) is 11.1 Å². The number of fused-ring (bicyclic) bond motifs is 3. The zero-order valence-corrected chi connectivity index (χ0v) is 14.9. The molecule has 4 rings (SSSR count). The van der Waals surface area contributed by atoms with Crippen LogP contribution in [0.3, 0.4) is 0 Å². The van der Waals surface area contributed by atoms with Crippen LogP contribution in [0.1, 0.15) is 0 Å². The van der Waals surface area contributed by atoms with E-state index in [4.69, 9.17) is 16.0 Å². The Bertz CT molecular complexity index is 1190. The number of thioether (sulfide) groups is 1. The molecule has 2 N–H and O–H groups in total. The first kappa shape index (κ1) is 16.7. The Morgan fingerprint density at radius 2 is 2.08 bits per heavy atom. The summed E-state index contributed by atoms with van der Waals surface area (Å²) < 4.78 is 5.55. The molecule has 2 aromatic heterocycles. The lowest BCUT2D eigenvalue weighted by Crippen LogP contribution is -2.15. The van der Waals surface area contributed by atoms with E-state index in [0.29, 0.717) is 27.0 Å². The topological polar surface area (TPSA) is 88.0 Å². The Morgan fingerprint density at radius 1 is 1.23 bits per heavy atom. The highest BCUT2D eigenvalue weighted by molar-refractivity contribution is 7.99. The molecule has 0 atom stereocenters. The maximum Gasteiger partial charge on any atom is 0.295 e. The average molecular weight is 386 g/mol. The normalized spacial score (nSPS) is 11.1. The number of amides is 1. The van der Waals surface area contributed by atoms with Crippen molar-refractivity contribution in [2.45, 2.75) is 5.16 Å². The minimum atomic E-state index is -0.371. The highest BCUT2D eigenvalue weighted by Gasteiger charge is 2.14. The lowest BCUT2D eigenvalue weighted by atomic mass is 10.2. The van der Waals surface area contributed by atoms with Gasteiger partial charge in [0.25, 0.3) is 5.56 Å². The van der Waals surface area contributed by atoms with Gasteiger partial charge in [0.05, 0.1) is 5.75 Å². The van der Waals surface area contributed by atoms with Gasteiger partial charge in [-0.25, -0.2) is 4.98 Å². The number of furan rings is 1. The number of carbonyl (C=O) groups is 1. The summed E-state index contributed by atoms with van der Waals surface area (Å²) >= 11 is 7.04. The van der Waals surface area contributed by atoms with E-state index in [1.54, 1.807) is 30.3 Å². The van der Waals surface area contributed by atoms with Crippen molar-refractivity contribution in [1.82, 2.24) is 9.97 Å². The maximum atomic E-state index is 12.2. The van der Waals surface area contributed by atoms with Crippen molar-refractivity contribution < 1.29 is 9.21 Å². The molecule has 2 heterocycles. The number of carbonyl (C=O) groups excluding carboxylic acids is 1. The summed E-state index contributed by atoms with van der Waals surface area (Å²) in [5.41, 5.74) is 1.51. The van der Waals surface area contributed by atoms with Gasteiger partial charge in [-0.05, 0) is 30.3 Å². The third-order valence-corrected chi connectivity index (χ3v) is 4.77. The summed E-state index contributed by atoms with van der Waals surface area (Å²) in [5.74, 6) is -0.131. The fourth-order valence-corrected chi connectivity index (χ4v) is 3.40. The van der Waals surface area contributed by atoms with Crippen molar-refractivity contribution >= 4 is 57.0 Å². The molecular weight excluding hydrogens is 374 g/mol. The van der Waals surface area contributed by atoms with Crippen LogP contribution in [0.5, 0.6) is 0 Å². The number of aromatic nitrogens is 2. The highest BCUT2D eigenvalue weighted by atomic mass is 35.5. The average Bonchev–Trinajstić information content (AvgIpc) is 3.00. The van der Waals surface area contributed by atoms with Crippen LogP contribution in [0.15, 0.2) is 62.9 Å². The predicted octanol–water partition coefficient (Wildman–Crippen LogP) is 4.05. The molecule has 0 fully saturated rings. The van der Waals surface area contributed by atoms with Gasteiger partial charge < -0.3 is 9.73 Å². The number of anilines is 1. The quantitative estimate of drug-likeness (QED) is 0.408. The fourth-order valence-electron chi connectivity index (χ4n) is 2.55. The monoisotopic (exact) mass is 385 g/mol. The number of para-hydroxylation sites is 1. The minimum absolute atomic E-state index is 0.0940. The molecule has 4 aromatic rings. The number of hydrogen-bond acceptors (Lipinski definition) is 5. The molecule has 0 bridgehead atoms. The number of rotatable bonds is 4. The molecule has 0 spiro atoms. The van der Waals surface area contributed by atoms with Crippen LogP contribution >= 0.6 is 23.4 Å². The van der Waals surface area contributed by atoms with Crippen molar-refractivity contribution in [2.24, 2.45) is 0 Å². The molecule has 8 heteroatoms. The third kappa shape index (κ3) is 3.31. The summed E-state index contributed by atoms with van der Waals surface area (Å²) in [7, 11) is 0. The second-order valence-electron chi connectivity index (χ2n) is 5.49. The molecule has 6 nitrogen and oxygen atoms in total. The van der Waals surface area contributed by atoms with Crippen molar-refractivity contribution in [1.29, 1.82) is 0 Å². The molecular formula is C18H12ClN3O3S. The van der Waals surface area contributed by atoms with Crippen LogP contribution in [0.25, 0.3) is 22.1 Å². The van der Waals surface area contributed by atoms with E-state index in [-0.39, 0.29) is 22.8 Å². The fraction of sp³-hybridized carbons (Fsp3) is 0.0556. The SMILES string of the molecule is O=C(CSc1nc2c(oc3ccccc32)c(=O)[nH]1)Nc1cccc(Cl)c1. The third-order valence-electron chi connectivity index (χ3n) is 3.66. The molecule has 130 valence electrons. The van der Waals surface area contributed by atoms with Crippen molar-refractivity contribution in [3.05, 3.63) is 63.9 Å². The number of nitrogens with zero attached hydrogens (tertiary/aromatic N) is 1. The van der Waals surface area contributed by atoms with Crippen LogP contribution in [-0.4, -0.2) is 21.6 Å². The minimum Gasteiger partial charge on any atom is -0.449 e. The van der Waals surface area contributed by atoms with Gasteiger partial charge in [-0.3, -0.25) is 14.6 Å². The van der Waals surface area contributed by atoms with E-state index < -0.39 is 0 Å². The van der Waals surface area contributed by atoms with Gasteiger partial charge >= 0.3 is 0 Å². The Morgan fingerprint density at radius 3 is 2.92 bits per heavy atom. The number of hydrogen-bond donors (Lipinski definition) is 2. The number of benzene rings is 2. The van der Waals surface area contributed by atoms with Crippen molar-refractivity contribution in [2.75, 3.05) is 11.1 Å². The van der Waals surface area contributed by atoms with Gasteiger partial charge in [-0.15, -0.1) is 0 Å². The molecule has 0 radical (unpaired) electrons. The molecule has 0 aliphatic carbocycles. The Hall–Kier alpha value is -2.77. The van der Waals surface area contributed by atoms with Crippen LogP contribution in [0.4, 0.5) is 5.69 Å². The molecule has 2 aromatic carbocycles. The first-order valence-corrected chi connectivity index (χ1v) is 9.06. The first-order chi connectivity index (χ1) is 12.6. The maximum absolute atomic E-state index is 12.2. The largest absolute Gasteiger partial charge is 0.449 e. The van der Waals surface area contributed by atoms with Crippen LogP contribution in [-0.2, 0) is 4.79 Å². The predicted molar refractivity (Wildman–Crippen MR) is 103 cm³/mol. The van der Waals surface area contributed by atoms with E-state index in [1.165, 1.54) is 0 Å². The van der Waals surface area contributed by atoms with E-state index in [1.807, 2.05) is 18.2 Å². The molecule has 0 aliphatic heterocycles. The van der Waals surface area contributed by atoms with E-state index >= 15 is 0 Å².